The van der Waals surface area contributed by atoms with Gasteiger partial charge in [0, 0.05) is 12.7 Å². The lowest BCUT2D eigenvalue weighted by atomic mass is 10.1. The third kappa shape index (κ3) is 2.84. The second-order valence-corrected chi connectivity index (χ2v) is 4.02. The van der Waals surface area contributed by atoms with Crippen LogP contribution < -0.4 is 16.6 Å². The van der Waals surface area contributed by atoms with Crippen LogP contribution in [0.15, 0.2) is 12.1 Å². The molecular formula is C10H15N5O3. The first-order valence-electron chi connectivity index (χ1n) is 5.67. The van der Waals surface area contributed by atoms with E-state index in [0.717, 1.165) is 19.4 Å². The number of pyridine rings is 1. The summed E-state index contributed by atoms with van der Waals surface area (Å²) in [7, 11) is 0. The predicted molar refractivity (Wildman–Crippen MR) is 66.2 cm³/mol. The summed E-state index contributed by atoms with van der Waals surface area (Å²) in [4.78, 5) is 14.5. The molecule has 8 heteroatoms. The van der Waals surface area contributed by atoms with Crippen molar-refractivity contribution in [2.75, 3.05) is 24.0 Å². The first kappa shape index (κ1) is 12.5. The van der Waals surface area contributed by atoms with Gasteiger partial charge < -0.3 is 15.5 Å². The van der Waals surface area contributed by atoms with Crippen LogP contribution in [-0.4, -0.2) is 29.2 Å². The van der Waals surface area contributed by atoms with Gasteiger partial charge in [0.25, 0.3) is 0 Å². The van der Waals surface area contributed by atoms with E-state index in [1.165, 1.54) is 12.1 Å². The molecule has 1 unspecified atom stereocenters. The van der Waals surface area contributed by atoms with Crippen molar-refractivity contribution in [2.45, 2.75) is 18.9 Å². The van der Waals surface area contributed by atoms with Gasteiger partial charge in [-0.2, -0.15) is 0 Å². The van der Waals surface area contributed by atoms with Crippen LogP contribution in [0.5, 0.6) is 0 Å². The second kappa shape index (κ2) is 5.61. The van der Waals surface area contributed by atoms with Crippen LogP contribution in [0.1, 0.15) is 12.8 Å². The minimum atomic E-state index is -0.473. The number of anilines is 2. The molecule has 0 spiro atoms. The van der Waals surface area contributed by atoms with Gasteiger partial charge in [0.2, 0.25) is 5.82 Å². The lowest BCUT2D eigenvalue weighted by Crippen LogP contribution is -2.30. The van der Waals surface area contributed by atoms with Crippen molar-refractivity contribution in [3.05, 3.63) is 22.2 Å². The Balaban J connectivity index is 2.19. The maximum atomic E-state index is 10.9. The van der Waals surface area contributed by atoms with Crippen LogP contribution in [0.4, 0.5) is 17.3 Å². The standard InChI is InChI=1S/C10H15N5O3/c11-14-9-4-3-8(15(16)17)10(13-9)12-7-2-1-5-18-6-7/h3-4,7H,1-2,5-6,11H2,(H2,12,13,14). The quantitative estimate of drug-likeness (QED) is 0.414. The Morgan fingerprint density at radius 1 is 1.56 bits per heavy atom. The van der Waals surface area contributed by atoms with E-state index in [9.17, 15) is 10.1 Å². The molecule has 8 nitrogen and oxygen atoms in total. The molecular weight excluding hydrogens is 238 g/mol. The van der Waals surface area contributed by atoms with E-state index in [0.29, 0.717) is 12.4 Å². The number of nitro groups is 1. The maximum absolute atomic E-state index is 10.9. The zero-order valence-electron chi connectivity index (χ0n) is 9.76. The number of nitrogen functional groups attached to an aromatic ring is 1. The Morgan fingerprint density at radius 3 is 3.00 bits per heavy atom. The van der Waals surface area contributed by atoms with Crippen LogP contribution >= 0.6 is 0 Å². The fourth-order valence-electron chi connectivity index (χ4n) is 1.83. The molecule has 0 saturated carbocycles. The summed E-state index contributed by atoms with van der Waals surface area (Å²) in [5.74, 6) is 5.83. The first-order valence-corrected chi connectivity index (χ1v) is 5.67. The van der Waals surface area contributed by atoms with E-state index < -0.39 is 4.92 Å². The van der Waals surface area contributed by atoms with Crippen molar-refractivity contribution < 1.29 is 9.66 Å². The van der Waals surface area contributed by atoms with Crippen LogP contribution in [0.3, 0.4) is 0 Å². The zero-order chi connectivity index (χ0) is 13.0. The van der Waals surface area contributed by atoms with Crippen molar-refractivity contribution in [3.8, 4) is 0 Å². The lowest BCUT2D eigenvalue weighted by Gasteiger charge is -2.23. The summed E-state index contributed by atoms with van der Waals surface area (Å²) in [6, 6.07) is 2.87. The zero-order valence-corrected chi connectivity index (χ0v) is 9.76. The van der Waals surface area contributed by atoms with Gasteiger partial charge >= 0.3 is 5.69 Å². The average Bonchev–Trinajstić information content (AvgIpc) is 2.39. The molecule has 1 aliphatic heterocycles. The highest BCUT2D eigenvalue weighted by atomic mass is 16.6. The number of hydrogen-bond acceptors (Lipinski definition) is 7. The summed E-state index contributed by atoms with van der Waals surface area (Å²) >= 11 is 0. The Bertz CT molecular complexity index is 434. The molecule has 1 aromatic rings. The van der Waals surface area contributed by atoms with E-state index in [-0.39, 0.29) is 17.5 Å². The molecule has 1 fully saturated rings. The van der Waals surface area contributed by atoms with Crippen LogP contribution in [0.25, 0.3) is 0 Å². The van der Waals surface area contributed by atoms with E-state index >= 15 is 0 Å². The smallest absolute Gasteiger partial charge is 0.311 e. The molecule has 1 aliphatic rings. The van der Waals surface area contributed by atoms with Crippen molar-refractivity contribution >= 4 is 17.3 Å². The molecule has 98 valence electrons. The number of hydrogen-bond donors (Lipinski definition) is 3. The average molecular weight is 253 g/mol. The molecule has 1 aromatic heterocycles. The Morgan fingerprint density at radius 2 is 2.39 bits per heavy atom. The predicted octanol–water partition coefficient (Wildman–Crippen LogP) is 0.866. The molecule has 4 N–H and O–H groups in total. The summed E-state index contributed by atoms with van der Waals surface area (Å²) < 4.78 is 5.31. The highest BCUT2D eigenvalue weighted by Crippen LogP contribution is 2.25. The van der Waals surface area contributed by atoms with E-state index in [2.05, 4.69) is 15.7 Å². The molecule has 2 rings (SSSR count). The van der Waals surface area contributed by atoms with Gasteiger partial charge in [-0.3, -0.25) is 10.1 Å². The fraction of sp³-hybridized carbons (Fsp3) is 0.500. The summed E-state index contributed by atoms with van der Waals surface area (Å²) in [5.41, 5.74) is 2.30. The largest absolute Gasteiger partial charge is 0.379 e. The number of aromatic nitrogens is 1. The number of nitrogens with two attached hydrogens (primary N) is 1. The lowest BCUT2D eigenvalue weighted by molar-refractivity contribution is -0.384. The molecule has 0 bridgehead atoms. The SMILES string of the molecule is NNc1ccc([N+](=O)[O-])c(NC2CCCOC2)n1. The number of ether oxygens (including phenoxy) is 1. The maximum Gasteiger partial charge on any atom is 0.311 e. The van der Waals surface area contributed by atoms with Crippen LogP contribution in [0, 0.1) is 10.1 Å². The summed E-state index contributed by atoms with van der Waals surface area (Å²) in [6.07, 6.45) is 1.83. The van der Waals surface area contributed by atoms with Gasteiger partial charge in [0.05, 0.1) is 17.6 Å². The number of nitrogens with one attached hydrogen (secondary N) is 2. The Kier molecular flexibility index (Phi) is 3.90. The summed E-state index contributed by atoms with van der Waals surface area (Å²) in [6.45, 7) is 1.26. The van der Waals surface area contributed by atoms with Gasteiger partial charge in [-0.15, -0.1) is 0 Å². The number of hydrazine groups is 1. The van der Waals surface area contributed by atoms with Gasteiger partial charge in [0.1, 0.15) is 5.82 Å². The molecule has 1 atom stereocenters. The van der Waals surface area contributed by atoms with Gasteiger partial charge in [-0.1, -0.05) is 0 Å². The van der Waals surface area contributed by atoms with E-state index in [1.54, 1.807) is 0 Å². The van der Waals surface area contributed by atoms with E-state index in [4.69, 9.17) is 10.6 Å². The highest BCUT2D eigenvalue weighted by molar-refractivity contribution is 5.60. The summed E-state index contributed by atoms with van der Waals surface area (Å²) in [5, 5.41) is 13.9. The minimum absolute atomic E-state index is 0.0398. The molecule has 0 radical (unpaired) electrons. The molecule has 2 heterocycles. The van der Waals surface area contributed by atoms with Crippen LogP contribution in [-0.2, 0) is 4.74 Å². The molecule has 0 amide bonds. The van der Waals surface area contributed by atoms with Gasteiger partial charge in [0.15, 0.2) is 0 Å². The van der Waals surface area contributed by atoms with Gasteiger partial charge in [-0.25, -0.2) is 10.8 Å². The van der Waals surface area contributed by atoms with Crippen molar-refractivity contribution in [2.24, 2.45) is 5.84 Å². The third-order valence-corrected chi connectivity index (χ3v) is 2.72. The highest BCUT2D eigenvalue weighted by Gasteiger charge is 2.21. The normalized spacial score (nSPS) is 19.3. The van der Waals surface area contributed by atoms with Crippen molar-refractivity contribution in [3.63, 3.8) is 0 Å². The Labute approximate surface area is 104 Å². The topological polar surface area (TPSA) is 115 Å². The minimum Gasteiger partial charge on any atom is -0.379 e. The van der Waals surface area contributed by atoms with Crippen molar-refractivity contribution in [1.29, 1.82) is 0 Å². The number of rotatable bonds is 4. The third-order valence-electron chi connectivity index (χ3n) is 2.72. The van der Waals surface area contributed by atoms with Gasteiger partial charge in [-0.05, 0) is 18.9 Å². The molecule has 0 aromatic carbocycles. The van der Waals surface area contributed by atoms with Crippen molar-refractivity contribution in [1.82, 2.24) is 4.98 Å². The second-order valence-electron chi connectivity index (χ2n) is 4.02. The van der Waals surface area contributed by atoms with E-state index in [1.807, 2.05) is 0 Å². The first-order chi connectivity index (χ1) is 8.70. The Hall–Kier alpha value is -1.93. The molecule has 1 saturated heterocycles. The molecule has 0 aliphatic carbocycles. The van der Waals surface area contributed by atoms with Crippen LogP contribution in [0.2, 0.25) is 0 Å². The monoisotopic (exact) mass is 253 g/mol. The molecule has 18 heavy (non-hydrogen) atoms. The number of nitrogens with zero attached hydrogens (tertiary/aromatic N) is 2. The fourth-order valence-corrected chi connectivity index (χ4v) is 1.83.